The SMILES string of the molecule is CCCCOC(=O)c1ccc(Nc2nc(NCCC[Si](C)(O)O[Si](C)(C)C)nc(Nc3ccc(C(=O)OCCCC)cc3)n2)cc1. The Balaban J connectivity index is 1.73. The van der Waals surface area contributed by atoms with E-state index in [4.69, 9.17) is 13.6 Å². The molecule has 0 aliphatic heterocycles. The third-order valence-electron chi connectivity index (χ3n) is 6.48. The van der Waals surface area contributed by atoms with Crippen molar-refractivity contribution in [3.63, 3.8) is 0 Å². The van der Waals surface area contributed by atoms with Crippen LogP contribution in [0.2, 0.25) is 32.2 Å². The number of hydrogen-bond donors (Lipinski definition) is 4. The fourth-order valence-electron chi connectivity index (χ4n) is 4.32. The molecule has 0 radical (unpaired) electrons. The molecule has 0 saturated carbocycles. The van der Waals surface area contributed by atoms with E-state index < -0.39 is 16.9 Å². The van der Waals surface area contributed by atoms with Crippen LogP contribution in [0.15, 0.2) is 48.5 Å². The number of hydrogen-bond acceptors (Lipinski definition) is 12. The first-order valence-corrected chi connectivity index (χ1v) is 21.9. The number of unbranched alkanes of at least 4 members (excludes halogenated alkanes) is 2. The van der Waals surface area contributed by atoms with Gasteiger partial charge in [0.2, 0.25) is 17.8 Å². The monoisotopic (exact) mass is 668 g/mol. The Hall–Kier alpha value is -3.86. The van der Waals surface area contributed by atoms with Gasteiger partial charge in [0.25, 0.3) is 0 Å². The lowest BCUT2D eigenvalue weighted by Crippen LogP contribution is -2.45. The van der Waals surface area contributed by atoms with Gasteiger partial charge in [0.15, 0.2) is 8.32 Å². The summed E-state index contributed by atoms with van der Waals surface area (Å²) in [4.78, 5) is 49.0. The molecule has 1 atom stereocenters. The van der Waals surface area contributed by atoms with Crippen molar-refractivity contribution in [3.8, 4) is 0 Å². The van der Waals surface area contributed by atoms with E-state index in [2.05, 4.69) is 50.5 Å². The highest BCUT2D eigenvalue weighted by molar-refractivity contribution is 6.81. The predicted molar refractivity (Wildman–Crippen MR) is 186 cm³/mol. The lowest BCUT2D eigenvalue weighted by Gasteiger charge is -2.29. The van der Waals surface area contributed by atoms with Crippen LogP contribution in [0.1, 0.15) is 66.7 Å². The van der Waals surface area contributed by atoms with Gasteiger partial charge >= 0.3 is 20.5 Å². The quantitative estimate of drug-likeness (QED) is 0.0591. The summed E-state index contributed by atoms with van der Waals surface area (Å²) >= 11 is 0. The summed E-state index contributed by atoms with van der Waals surface area (Å²) in [6, 6.07) is 14.3. The highest BCUT2D eigenvalue weighted by Crippen LogP contribution is 2.21. The summed E-state index contributed by atoms with van der Waals surface area (Å²) in [5.74, 6) is 0.154. The van der Waals surface area contributed by atoms with Crippen LogP contribution in [0.5, 0.6) is 0 Å². The van der Waals surface area contributed by atoms with Crippen LogP contribution in [0.25, 0.3) is 0 Å². The van der Waals surface area contributed by atoms with E-state index in [0.717, 1.165) is 25.7 Å². The van der Waals surface area contributed by atoms with Crippen LogP contribution in [-0.2, 0) is 13.6 Å². The van der Waals surface area contributed by atoms with Crippen molar-refractivity contribution in [2.45, 2.75) is 78.2 Å². The van der Waals surface area contributed by atoms with E-state index in [1.54, 1.807) is 48.5 Å². The van der Waals surface area contributed by atoms with E-state index in [0.29, 0.717) is 60.7 Å². The minimum atomic E-state index is -2.77. The summed E-state index contributed by atoms with van der Waals surface area (Å²) < 4.78 is 16.6. The Labute approximate surface area is 274 Å². The second-order valence-corrected chi connectivity index (χ2v) is 20.0. The van der Waals surface area contributed by atoms with Crippen molar-refractivity contribution < 1.29 is 28.0 Å². The van der Waals surface area contributed by atoms with Crippen molar-refractivity contribution in [1.82, 2.24) is 15.0 Å². The summed E-state index contributed by atoms with van der Waals surface area (Å²) in [5.41, 5.74) is 2.25. The number of nitrogens with zero attached hydrogens (tertiary/aromatic N) is 3. The molecule has 14 heteroatoms. The summed E-state index contributed by atoms with van der Waals surface area (Å²) in [6.07, 6.45) is 4.21. The van der Waals surface area contributed by atoms with Gasteiger partial charge in [-0.3, -0.25) is 0 Å². The number of anilines is 5. The van der Waals surface area contributed by atoms with E-state index >= 15 is 0 Å². The maximum Gasteiger partial charge on any atom is 0.338 e. The van der Waals surface area contributed by atoms with Crippen molar-refractivity contribution in [3.05, 3.63) is 59.7 Å². The zero-order valence-corrected chi connectivity index (χ0v) is 29.8. The van der Waals surface area contributed by atoms with E-state index in [1.165, 1.54) is 0 Å². The minimum Gasteiger partial charge on any atom is -0.462 e. The van der Waals surface area contributed by atoms with Crippen molar-refractivity contribution >= 4 is 58.0 Å². The number of esters is 2. The second kappa shape index (κ2) is 17.7. The zero-order chi connectivity index (χ0) is 33.6. The third-order valence-corrected chi connectivity index (χ3v) is 12.0. The number of carbonyl (C=O) groups is 2. The van der Waals surface area contributed by atoms with E-state index in [1.807, 2.05) is 20.4 Å². The Morgan fingerprint density at radius 2 is 1.13 bits per heavy atom. The van der Waals surface area contributed by atoms with Crippen LogP contribution >= 0.6 is 0 Å². The molecule has 1 heterocycles. The molecule has 1 unspecified atom stereocenters. The summed E-state index contributed by atoms with van der Waals surface area (Å²) in [7, 11) is -4.62. The van der Waals surface area contributed by atoms with Crippen LogP contribution in [0, 0.1) is 0 Å². The molecule has 0 amide bonds. The van der Waals surface area contributed by atoms with Gasteiger partial charge in [-0.25, -0.2) is 9.59 Å². The topological polar surface area (TPSA) is 157 Å². The van der Waals surface area contributed by atoms with E-state index in [-0.39, 0.29) is 23.8 Å². The molecule has 3 rings (SSSR count). The number of rotatable bonds is 19. The van der Waals surface area contributed by atoms with Gasteiger partial charge in [0.1, 0.15) is 0 Å². The average Bonchev–Trinajstić information content (AvgIpc) is 2.99. The van der Waals surface area contributed by atoms with Crippen molar-refractivity contribution in [2.75, 3.05) is 35.7 Å². The fraction of sp³-hybridized carbons (Fsp3) is 0.469. The molecular formula is C32H48N6O6Si2. The maximum atomic E-state index is 12.3. The number of benzene rings is 2. The van der Waals surface area contributed by atoms with E-state index in [9.17, 15) is 14.4 Å². The molecule has 0 saturated heterocycles. The molecule has 0 bridgehead atoms. The second-order valence-electron chi connectivity index (χ2n) is 12.1. The molecule has 3 aromatic rings. The average molecular weight is 669 g/mol. The molecule has 4 N–H and O–H groups in total. The standard InChI is InChI=1S/C32H48N6O6Si2/c1-7-9-21-42-28(39)24-12-16-26(17-13-24)34-31-36-30(33-20-11-23-46(6,41)44-45(3,4)5)37-32(38-31)35-27-18-14-25(15-19-27)29(40)43-22-10-8-2/h12-19,41H,7-11,20-23H2,1-6H3,(H3,33,34,35,36,37,38). The number of ether oxygens (including phenoxy) is 2. The van der Waals surface area contributed by atoms with Crippen LogP contribution in [0.3, 0.4) is 0 Å². The van der Waals surface area contributed by atoms with Gasteiger partial charge in [-0.05, 0) is 100 Å². The predicted octanol–water partition coefficient (Wildman–Crippen LogP) is 6.99. The molecule has 46 heavy (non-hydrogen) atoms. The first-order valence-electron chi connectivity index (χ1n) is 15.9. The molecule has 0 aliphatic rings. The zero-order valence-electron chi connectivity index (χ0n) is 27.8. The largest absolute Gasteiger partial charge is 0.462 e. The van der Waals surface area contributed by atoms with Gasteiger partial charge in [0.05, 0.1) is 24.3 Å². The molecule has 0 spiro atoms. The first kappa shape index (κ1) is 36.6. The Morgan fingerprint density at radius 3 is 1.54 bits per heavy atom. The molecule has 1 aromatic heterocycles. The fourth-order valence-corrected chi connectivity index (χ4v) is 10.8. The smallest absolute Gasteiger partial charge is 0.338 e. The third kappa shape index (κ3) is 13.2. The first-order chi connectivity index (χ1) is 21.9. The minimum absolute atomic E-state index is 0.276. The molecule has 250 valence electrons. The lowest BCUT2D eigenvalue weighted by molar-refractivity contribution is 0.0490. The normalized spacial score (nSPS) is 12.6. The summed E-state index contributed by atoms with van der Waals surface area (Å²) in [6.45, 7) is 13.4. The Bertz CT molecular complexity index is 1320. The van der Waals surface area contributed by atoms with Crippen LogP contribution < -0.4 is 16.0 Å². The van der Waals surface area contributed by atoms with Crippen molar-refractivity contribution in [1.29, 1.82) is 0 Å². The lowest BCUT2D eigenvalue weighted by atomic mass is 10.2. The Morgan fingerprint density at radius 1 is 0.696 bits per heavy atom. The summed E-state index contributed by atoms with van der Waals surface area (Å²) in [5, 5.41) is 9.58. The van der Waals surface area contributed by atoms with Crippen molar-refractivity contribution in [2.24, 2.45) is 0 Å². The highest BCUT2D eigenvalue weighted by Gasteiger charge is 2.32. The maximum absolute atomic E-state index is 12.3. The van der Waals surface area contributed by atoms with Crippen LogP contribution in [0.4, 0.5) is 29.2 Å². The van der Waals surface area contributed by atoms with Gasteiger partial charge in [0, 0.05) is 17.9 Å². The van der Waals surface area contributed by atoms with Gasteiger partial charge in [-0.1, -0.05) is 26.7 Å². The van der Waals surface area contributed by atoms with Gasteiger partial charge in [-0.15, -0.1) is 0 Å². The Kier molecular flexibility index (Phi) is 14.1. The number of nitrogens with one attached hydrogen (secondary N) is 3. The molecular weight excluding hydrogens is 621 g/mol. The highest BCUT2D eigenvalue weighted by atomic mass is 28.4. The molecule has 2 aromatic carbocycles. The van der Waals surface area contributed by atoms with Gasteiger partial charge in [-0.2, -0.15) is 15.0 Å². The molecule has 0 aliphatic carbocycles. The molecule has 0 fully saturated rings. The number of aromatic nitrogens is 3. The number of carbonyl (C=O) groups excluding carboxylic acids is 2. The van der Waals surface area contributed by atoms with Gasteiger partial charge < -0.3 is 34.3 Å². The van der Waals surface area contributed by atoms with Crippen LogP contribution in [-0.4, -0.2) is 68.3 Å². The molecule has 12 nitrogen and oxygen atoms in total.